The van der Waals surface area contributed by atoms with Gasteiger partial charge in [0.15, 0.2) is 11.0 Å². The number of aromatic nitrogens is 2. The molecule has 0 fully saturated rings. The second-order valence-corrected chi connectivity index (χ2v) is 5.41. The van der Waals surface area contributed by atoms with Crippen molar-refractivity contribution in [3.05, 3.63) is 45.7 Å². The van der Waals surface area contributed by atoms with E-state index in [-0.39, 0.29) is 11.5 Å². The van der Waals surface area contributed by atoms with Crippen LogP contribution in [0.25, 0.3) is 0 Å². The van der Waals surface area contributed by atoms with Gasteiger partial charge in [0.1, 0.15) is 5.69 Å². The lowest BCUT2D eigenvalue weighted by atomic mass is 10.1. The van der Waals surface area contributed by atoms with E-state index in [4.69, 9.17) is 12.2 Å². The second-order valence-electron chi connectivity index (χ2n) is 4.44. The average molecular weight is 314 g/mol. The normalized spacial score (nSPS) is 10.0. The molecule has 0 aliphatic carbocycles. The van der Waals surface area contributed by atoms with Crippen LogP contribution in [0.15, 0.2) is 34.2 Å². The number of nitrogens with zero attached hydrogens (tertiary/aromatic N) is 1. The minimum atomic E-state index is -0.521. The summed E-state index contributed by atoms with van der Waals surface area (Å²) in [6.07, 6.45) is 5.14. The molecule has 0 spiro atoms. The third kappa shape index (κ3) is 3.68. The third-order valence-corrected chi connectivity index (χ3v) is 3.55. The number of carbonyl (C=O) groups excluding carboxylic acids is 1. The van der Waals surface area contributed by atoms with Crippen LogP contribution in [0.5, 0.6) is 0 Å². The number of hydrogen-bond donors (Lipinski definition) is 3. The number of terminal acetylenes is 1. The Balaban J connectivity index is 2.23. The molecule has 0 saturated heterocycles. The summed E-state index contributed by atoms with van der Waals surface area (Å²) in [4.78, 5) is 30.6. The van der Waals surface area contributed by atoms with E-state index in [2.05, 4.69) is 21.2 Å². The van der Waals surface area contributed by atoms with E-state index in [1.165, 1.54) is 11.8 Å². The SMILES string of the molecule is C#CCSc1nc(N)c(NC(=O)c2ccc(C)cc2)c(=O)[nH]1. The molecule has 0 radical (unpaired) electrons. The van der Waals surface area contributed by atoms with E-state index in [0.717, 1.165) is 5.56 Å². The van der Waals surface area contributed by atoms with Crippen molar-refractivity contribution in [1.82, 2.24) is 9.97 Å². The molecule has 1 aromatic carbocycles. The third-order valence-electron chi connectivity index (χ3n) is 2.77. The monoisotopic (exact) mass is 314 g/mol. The molecule has 4 N–H and O–H groups in total. The smallest absolute Gasteiger partial charge is 0.277 e. The van der Waals surface area contributed by atoms with Gasteiger partial charge in [-0.15, -0.1) is 6.42 Å². The van der Waals surface area contributed by atoms with Gasteiger partial charge in [-0.2, -0.15) is 0 Å². The van der Waals surface area contributed by atoms with Crippen molar-refractivity contribution in [2.75, 3.05) is 16.8 Å². The Kier molecular flexibility index (Phi) is 4.86. The number of thioether (sulfide) groups is 1. The number of nitrogen functional groups attached to an aromatic ring is 1. The number of rotatable bonds is 4. The maximum absolute atomic E-state index is 12.1. The van der Waals surface area contributed by atoms with Crippen molar-refractivity contribution in [1.29, 1.82) is 0 Å². The zero-order valence-corrected chi connectivity index (χ0v) is 12.7. The molecule has 22 heavy (non-hydrogen) atoms. The number of nitrogens with two attached hydrogens (primary N) is 1. The Morgan fingerprint density at radius 1 is 1.45 bits per heavy atom. The highest BCUT2D eigenvalue weighted by molar-refractivity contribution is 7.99. The van der Waals surface area contributed by atoms with Crippen LogP contribution in [0.3, 0.4) is 0 Å². The molecule has 2 aromatic rings. The fourth-order valence-corrected chi connectivity index (χ4v) is 2.21. The molecule has 6 nitrogen and oxygen atoms in total. The summed E-state index contributed by atoms with van der Waals surface area (Å²) in [6.45, 7) is 1.92. The minimum Gasteiger partial charge on any atom is -0.382 e. The number of aromatic amines is 1. The molecule has 2 rings (SSSR count). The molecule has 1 heterocycles. The summed E-state index contributed by atoms with van der Waals surface area (Å²) in [5.74, 6) is 2.30. The number of H-pyrrole nitrogens is 1. The molecule has 0 bridgehead atoms. The highest BCUT2D eigenvalue weighted by Gasteiger charge is 2.13. The summed E-state index contributed by atoms with van der Waals surface area (Å²) in [5, 5.41) is 2.79. The number of amides is 1. The quantitative estimate of drug-likeness (QED) is 0.452. The largest absolute Gasteiger partial charge is 0.382 e. The molecule has 0 aliphatic heterocycles. The second kappa shape index (κ2) is 6.83. The van der Waals surface area contributed by atoms with Gasteiger partial charge in [0.2, 0.25) is 0 Å². The summed E-state index contributed by atoms with van der Waals surface area (Å²) >= 11 is 1.18. The van der Waals surface area contributed by atoms with Gasteiger partial charge in [0, 0.05) is 5.56 Å². The van der Waals surface area contributed by atoms with E-state index in [9.17, 15) is 9.59 Å². The van der Waals surface area contributed by atoms with Crippen LogP contribution >= 0.6 is 11.8 Å². The van der Waals surface area contributed by atoms with Crippen LogP contribution < -0.4 is 16.6 Å². The Labute approximate surface area is 131 Å². The van der Waals surface area contributed by atoms with Gasteiger partial charge in [0.05, 0.1) is 5.75 Å². The van der Waals surface area contributed by atoms with Crippen molar-refractivity contribution in [2.24, 2.45) is 0 Å². The van der Waals surface area contributed by atoms with Crippen molar-refractivity contribution in [2.45, 2.75) is 12.1 Å². The molecule has 0 saturated carbocycles. The van der Waals surface area contributed by atoms with Crippen LogP contribution in [0.4, 0.5) is 11.5 Å². The lowest BCUT2D eigenvalue weighted by Crippen LogP contribution is -2.23. The zero-order valence-electron chi connectivity index (χ0n) is 11.8. The van der Waals surface area contributed by atoms with Gasteiger partial charge in [-0.25, -0.2) is 4.98 Å². The Hall–Kier alpha value is -2.72. The van der Waals surface area contributed by atoms with E-state index < -0.39 is 11.5 Å². The van der Waals surface area contributed by atoms with Gasteiger partial charge in [-0.3, -0.25) is 14.6 Å². The first kappa shape index (κ1) is 15.7. The molecule has 112 valence electrons. The zero-order chi connectivity index (χ0) is 16.1. The van der Waals surface area contributed by atoms with Crippen LogP contribution in [0.1, 0.15) is 15.9 Å². The fourth-order valence-electron chi connectivity index (χ4n) is 1.66. The van der Waals surface area contributed by atoms with Gasteiger partial charge >= 0.3 is 0 Å². The molecule has 0 aliphatic rings. The van der Waals surface area contributed by atoms with Crippen LogP contribution in [0, 0.1) is 19.3 Å². The number of carbonyl (C=O) groups is 1. The summed E-state index contributed by atoms with van der Waals surface area (Å²) < 4.78 is 0. The van der Waals surface area contributed by atoms with Crippen molar-refractivity contribution < 1.29 is 4.79 Å². The van der Waals surface area contributed by atoms with Crippen LogP contribution in [0.2, 0.25) is 0 Å². The Bertz CT molecular complexity index is 791. The summed E-state index contributed by atoms with van der Waals surface area (Å²) in [5.41, 5.74) is 6.60. The van der Waals surface area contributed by atoms with Crippen molar-refractivity contribution >= 4 is 29.2 Å². The van der Waals surface area contributed by atoms with E-state index in [0.29, 0.717) is 16.5 Å². The summed E-state index contributed by atoms with van der Waals surface area (Å²) in [6, 6.07) is 6.94. The van der Waals surface area contributed by atoms with Crippen LogP contribution in [-0.4, -0.2) is 21.6 Å². The standard InChI is InChI=1S/C15H14N4O2S/c1-3-8-22-15-18-12(16)11(14(21)19-15)17-13(20)10-6-4-9(2)5-7-10/h1,4-7H,8H2,2H3,(H,17,20)(H3,16,18,19,21). The fraction of sp³-hybridized carbons (Fsp3) is 0.133. The molecule has 1 amide bonds. The average Bonchev–Trinajstić information content (AvgIpc) is 2.49. The molecule has 0 atom stereocenters. The predicted molar refractivity (Wildman–Crippen MR) is 88.0 cm³/mol. The maximum Gasteiger partial charge on any atom is 0.277 e. The molecular weight excluding hydrogens is 300 g/mol. The minimum absolute atomic E-state index is 0.0521. The first-order valence-electron chi connectivity index (χ1n) is 6.35. The van der Waals surface area contributed by atoms with Gasteiger partial charge in [-0.1, -0.05) is 35.4 Å². The molecule has 0 unspecified atom stereocenters. The van der Waals surface area contributed by atoms with E-state index in [1.54, 1.807) is 24.3 Å². The number of nitrogens with one attached hydrogen (secondary N) is 2. The lowest BCUT2D eigenvalue weighted by Gasteiger charge is -2.08. The number of hydrogen-bond acceptors (Lipinski definition) is 5. The molecule has 1 aromatic heterocycles. The van der Waals surface area contributed by atoms with Crippen molar-refractivity contribution in [3.63, 3.8) is 0 Å². The first-order valence-corrected chi connectivity index (χ1v) is 7.34. The molecular formula is C15H14N4O2S. The Morgan fingerprint density at radius 3 is 2.73 bits per heavy atom. The maximum atomic E-state index is 12.1. The molecule has 7 heteroatoms. The van der Waals surface area contributed by atoms with Crippen molar-refractivity contribution in [3.8, 4) is 12.3 Å². The van der Waals surface area contributed by atoms with Gasteiger partial charge in [-0.05, 0) is 19.1 Å². The lowest BCUT2D eigenvalue weighted by molar-refractivity contribution is 0.102. The predicted octanol–water partition coefficient (Wildman–Crippen LogP) is 1.64. The number of benzene rings is 1. The van der Waals surface area contributed by atoms with Crippen LogP contribution in [-0.2, 0) is 0 Å². The van der Waals surface area contributed by atoms with E-state index >= 15 is 0 Å². The highest BCUT2D eigenvalue weighted by Crippen LogP contribution is 2.16. The van der Waals surface area contributed by atoms with Gasteiger partial charge < -0.3 is 11.1 Å². The summed E-state index contributed by atoms with van der Waals surface area (Å²) in [7, 11) is 0. The number of anilines is 2. The van der Waals surface area contributed by atoms with Gasteiger partial charge in [0.25, 0.3) is 11.5 Å². The van der Waals surface area contributed by atoms with E-state index in [1.807, 2.05) is 6.92 Å². The number of aryl methyl sites for hydroxylation is 1. The first-order chi connectivity index (χ1) is 10.5. The Morgan fingerprint density at radius 2 is 2.14 bits per heavy atom. The topological polar surface area (TPSA) is 101 Å². The highest BCUT2D eigenvalue weighted by atomic mass is 32.2.